The van der Waals surface area contributed by atoms with Crippen molar-refractivity contribution >= 4 is 11.9 Å². The van der Waals surface area contributed by atoms with E-state index in [9.17, 15) is 4.79 Å². The first-order valence-corrected chi connectivity index (χ1v) is 7.24. The van der Waals surface area contributed by atoms with Crippen LogP contribution >= 0.6 is 0 Å². The monoisotopic (exact) mass is 307 g/mol. The fourth-order valence-corrected chi connectivity index (χ4v) is 2.41. The van der Waals surface area contributed by atoms with E-state index in [1.54, 1.807) is 29.2 Å². The molecule has 0 radical (unpaired) electrons. The van der Waals surface area contributed by atoms with Crippen LogP contribution in [0.25, 0.3) is 11.8 Å². The van der Waals surface area contributed by atoms with Crippen molar-refractivity contribution in [1.29, 1.82) is 0 Å². The maximum absolute atomic E-state index is 12.3. The highest BCUT2D eigenvalue weighted by Crippen LogP contribution is 2.15. The van der Waals surface area contributed by atoms with Gasteiger partial charge in [-0.25, -0.2) is 9.67 Å². The van der Waals surface area contributed by atoms with Crippen LogP contribution in [0.5, 0.6) is 0 Å². The normalized spacial score (nSPS) is 11.3. The van der Waals surface area contributed by atoms with Crippen molar-refractivity contribution in [3.05, 3.63) is 65.5 Å². The Hall–Kier alpha value is -3.02. The van der Waals surface area contributed by atoms with Gasteiger partial charge in [-0.1, -0.05) is 0 Å². The number of aromatic nitrogens is 5. The summed E-state index contributed by atoms with van der Waals surface area (Å²) in [5, 5.41) is 8.40. The van der Waals surface area contributed by atoms with Crippen molar-refractivity contribution in [2.75, 3.05) is 0 Å². The molecule has 2 heterocycles. The zero-order valence-corrected chi connectivity index (χ0v) is 13.3. The number of aryl methyl sites for hydroxylation is 2. The smallest absolute Gasteiger partial charge is 0.185 e. The van der Waals surface area contributed by atoms with E-state index in [4.69, 9.17) is 0 Å². The summed E-state index contributed by atoms with van der Waals surface area (Å²) < 4.78 is 3.46. The van der Waals surface area contributed by atoms with Gasteiger partial charge >= 0.3 is 0 Å². The predicted molar refractivity (Wildman–Crippen MR) is 87.4 cm³/mol. The molecule has 0 fully saturated rings. The van der Waals surface area contributed by atoms with Crippen LogP contribution < -0.4 is 0 Å². The Morgan fingerprint density at radius 2 is 1.91 bits per heavy atom. The number of hydrogen-bond donors (Lipinski definition) is 0. The second-order valence-electron chi connectivity index (χ2n) is 5.29. The van der Waals surface area contributed by atoms with Gasteiger partial charge in [0.15, 0.2) is 5.78 Å². The number of benzene rings is 1. The van der Waals surface area contributed by atoms with Crippen molar-refractivity contribution < 1.29 is 4.79 Å². The molecule has 6 nitrogen and oxygen atoms in total. The topological polar surface area (TPSA) is 65.6 Å². The highest BCUT2D eigenvalue weighted by molar-refractivity contribution is 6.07. The molecule has 0 atom stereocenters. The van der Waals surface area contributed by atoms with E-state index in [2.05, 4.69) is 15.2 Å². The molecule has 0 aliphatic carbocycles. The number of nitrogens with zero attached hydrogens (tertiary/aromatic N) is 5. The summed E-state index contributed by atoms with van der Waals surface area (Å²) in [5.74, 6) is -0.0437. The van der Waals surface area contributed by atoms with Crippen LogP contribution in [0.1, 0.15) is 27.3 Å². The second kappa shape index (κ2) is 6.00. The molecular formula is C17H17N5O. The van der Waals surface area contributed by atoms with Crippen molar-refractivity contribution in [3.63, 3.8) is 0 Å². The average molecular weight is 307 g/mol. The maximum atomic E-state index is 12.3. The van der Waals surface area contributed by atoms with Gasteiger partial charge in [-0.05, 0) is 50.3 Å². The van der Waals surface area contributed by atoms with Gasteiger partial charge < -0.3 is 0 Å². The zero-order valence-electron chi connectivity index (χ0n) is 13.3. The number of carbonyl (C=O) groups is 1. The molecule has 0 saturated carbocycles. The first-order chi connectivity index (χ1) is 11.1. The minimum atomic E-state index is -0.0437. The molecule has 3 rings (SSSR count). The first kappa shape index (κ1) is 14.9. The van der Waals surface area contributed by atoms with Gasteiger partial charge in [-0.15, -0.1) is 0 Å². The van der Waals surface area contributed by atoms with Crippen LogP contribution in [0.15, 0.2) is 43.0 Å². The minimum absolute atomic E-state index is 0.0437. The summed E-state index contributed by atoms with van der Waals surface area (Å²) in [6.07, 6.45) is 6.50. The Kier molecular flexibility index (Phi) is 3.89. The number of allylic oxidation sites excluding steroid dienone is 1. The maximum Gasteiger partial charge on any atom is 0.185 e. The molecule has 0 unspecified atom stereocenters. The molecule has 0 aliphatic heterocycles. The highest BCUT2D eigenvalue weighted by Gasteiger charge is 2.08. The molecule has 0 aliphatic rings. The first-order valence-electron chi connectivity index (χ1n) is 7.24. The van der Waals surface area contributed by atoms with Gasteiger partial charge in [0.2, 0.25) is 0 Å². The van der Waals surface area contributed by atoms with Gasteiger partial charge in [0.1, 0.15) is 12.7 Å². The highest BCUT2D eigenvalue weighted by atomic mass is 16.1. The van der Waals surface area contributed by atoms with Gasteiger partial charge in [0.05, 0.1) is 11.4 Å². The molecule has 0 bridgehead atoms. The van der Waals surface area contributed by atoms with Crippen LogP contribution in [0.4, 0.5) is 0 Å². The molecule has 0 amide bonds. The summed E-state index contributed by atoms with van der Waals surface area (Å²) in [7, 11) is 1.89. The van der Waals surface area contributed by atoms with E-state index < -0.39 is 0 Å². The molecule has 0 N–H and O–H groups in total. The summed E-state index contributed by atoms with van der Waals surface area (Å²) in [6, 6.07) is 7.26. The quantitative estimate of drug-likeness (QED) is 0.549. The Morgan fingerprint density at radius 1 is 1.17 bits per heavy atom. The van der Waals surface area contributed by atoms with E-state index in [1.165, 1.54) is 6.33 Å². The summed E-state index contributed by atoms with van der Waals surface area (Å²) in [4.78, 5) is 16.2. The van der Waals surface area contributed by atoms with Gasteiger partial charge in [0.25, 0.3) is 0 Å². The van der Waals surface area contributed by atoms with Crippen molar-refractivity contribution in [1.82, 2.24) is 24.5 Å². The Morgan fingerprint density at radius 3 is 2.48 bits per heavy atom. The predicted octanol–water partition coefficient (Wildman–Crippen LogP) is 2.51. The molecule has 116 valence electrons. The molecular weight excluding hydrogens is 290 g/mol. The lowest BCUT2D eigenvalue weighted by molar-refractivity contribution is 0.104. The van der Waals surface area contributed by atoms with E-state index in [1.807, 2.05) is 43.8 Å². The molecule has 0 spiro atoms. The number of carbonyl (C=O) groups excluding carboxylic acids is 1. The molecule has 2 aromatic heterocycles. The van der Waals surface area contributed by atoms with Crippen molar-refractivity contribution in [3.8, 4) is 5.69 Å². The SMILES string of the molecule is Cc1nn(C)c(C)c1C=CC(=O)c1ccc(-n2cncn2)cc1. The van der Waals surface area contributed by atoms with Gasteiger partial charge in [-0.3, -0.25) is 9.48 Å². The summed E-state index contributed by atoms with van der Waals surface area (Å²) in [5.41, 5.74) is 4.43. The lowest BCUT2D eigenvalue weighted by Crippen LogP contribution is -1.98. The Labute approximate surface area is 134 Å². The fraction of sp³-hybridized carbons (Fsp3) is 0.176. The van der Waals surface area contributed by atoms with Crippen LogP contribution in [-0.2, 0) is 7.05 Å². The second-order valence-corrected chi connectivity index (χ2v) is 5.29. The van der Waals surface area contributed by atoms with E-state index in [-0.39, 0.29) is 5.78 Å². The summed E-state index contributed by atoms with van der Waals surface area (Å²) in [6.45, 7) is 3.92. The van der Waals surface area contributed by atoms with Crippen LogP contribution in [0.2, 0.25) is 0 Å². The Balaban J connectivity index is 1.79. The minimum Gasteiger partial charge on any atom is -0.289 e. The summed E-state index contributed by atoms with van der Waals surface area (Å²) >= 11 is 0. The number of hydrogen-bond acceptors (Lipinski definition) is 4. The molecule has 23 heavy (non-hydrogen) atoms. The molecule has 6 heteroatoms. The van der Waals surface area contributed by atoms with E-state index >= 15 is 0 Å². The largest absolute Gasteiger partial charge is 0.289 e. The third-order valence-electron chi connectivity index (χ3n) is 3.80. The van der Waals surface area contributed by atoms with E-state index in [0.29, 0.717) is 5.56 Å². The van der Waals surface area contributed by atoms with Crippen LogP contribution in [-0.4, -0.2) is 30.3 Å². The fourth-order valence-electron chi connectivity index (χ4n) is 2.41. The van der Waals surface area contributed by atoms with E-state index in [0.717, 1.165) is 22.6 Å². The number of ketones is 1. The third kappa shape index (κ3) is 2.96. The third-order valence-corrected chi connectivity index (χ3v) is 3.80. The van der Waals surface area contributed by atoms with Gasteiger partial charge in [0, 0.05) is 23.9 Å². The molecule has 1 aromatic carbocycles. The average Bonchev–Trinajstić information content (AvgIpc) is 3.16. The molecule has 3 aromatic rings. The lowest BCUT2D eigenvalue weighted by Gasteiger charge is -2.01. The van der Waals surface area contributed by atoms with Crippen LogP contribution in [0, 0.1) is 13.8 Å². The molecule has 0 saturated heterocycles. The van der Waals surface area contributed by atoms with Crippen molar-refractivity contribution in [2.24, 2.45) is 7.05 Å². The zero-order chi connectivity index (χ0) is 16.4. The van der Waals surface area contributed by atoms with Crippen LogP contribution in [0.3, 0.4) is 0 Å². The standard InChI is InChI=1S/C17H17N5O/c1-12-16(13(2)21(3)20-12)8-9-17(23)14-4-6-15(7-5-14)22-11-18-10-19-22/h4-11H,1-3H3. The lowest BCUT2D eigenvalue weighted by atomic mass is 10.1. The number of rotatable bonds is 4. The Bertz CT molecular complexity index is 857. The van der Waals surface area contributed by atoms with Gasteiger partial charge in [-0.2, -0.15) is 10.2 Å². The van der Waals surface area contributed by atoms with Crippen molar-refractivity contribution in [2.45, 2.75) is 13.8 Å².